The fourth-order valence-corrected chi connectivity index (χ4v) is 1.50. The van der Waals surface area contributed by atoms with Gasteiger partial charge in [-0.3, -0.25) is 0 Å². The Labute approximate surface area is 110 Å². The Kier molecular flexibility index (Phi) is 5.99. The molecule has 0 fully saturated rings. The van der Waals surface area contributed by atoms with E-state index in [0.717, 1.165) is 24.5 Å². The highest BCUT2D eigenvalue weighted by atomic mass is 16.5. The molecule has 0 aliphatic heterocycles. The highest BCUT2D eigenvalue weighted by Gasteiger charge is 2.12. The first-order chi connectivity index (χ1) is 8.57. The van der Waals surface area contributed by atoms with Crippen molar-refractivity contribution < 1.29 is 9.47 Å². The van der Waals surface area contributed by atoms with Crippen LogP contribution in [-0.2, 0) is 0 Å². The van der Waals surface area contributed by atoms with Crippen LogP contribution in [0.4, 0.5) is 0 Å². The SMILES string of the molecule is CCOc1cccc(OCCNC(C)(C)CC)c1. The van der Waals surface area contributed by atoms with Gasteiger partial charge in [-0.05, 0) is 39.3 Å². The second kappa shape index (κ2) is 7.27. The second-order valence-electron chi connectivity index (χ2n) is 4.92. The quantitative estimate of drug-likeness (QED) is 0.719. The normalized spacial score (nSPS) is 11.3. The zero-order chi connectivity index (χ0) is 13.4. The lowest BCUT2D eigenvalue weighted by molar-refractivity contribution is 0.278. The molecule has 0 saturated heterocycles. The van der Waals surface area contributed by atoms with E-state index in [4.69, 9.17) is 9.47 Å². The summed E-state index contributed by atoms with van der Waals surface area (Å²) in [6.07, 6.45) is 1.10. The first kappa shape index (κ1) is 14.8. The summed E-state index contributed by atoms with van der Waals surface area (Å²) in [5, 5.41) is 3.46. The van der Waals surface area contributed by atoms with Gasteiger partial charge in [-0.1, -0.05) is 13.0 Å². The summed E-state index contributed by atoms with van der Waals surface area (Å²) < 4.78 is 11.1. The molecule has 0 amide bonds. The third-order valence-corrected chi connectivity index (χ3v) is 2.97. The molecule has 0 aliphatic carbocycles. The first-order valence-corrected chi connectivity index (χ1v) is 6.68. The van der Waals surface area contributed by atoms with Gasteiger partial charge in [-0.15, -0.1) is 0 Å². The van der Waals surface area contributed by atoms with Gasteiger partial charge >= 0.3 is 0 Å². The van der Waals surface area contributed by atoms with Crippen molar-refractivity contribution in [2.24, 2.45) is 0 Å². The molecule has 3 heteroatoms. The van der Waals surface area contributed by atoms with Gasteiger partial charge in [0.25, 0.3) is 0 Å². The summed E-state index contributed by atoms with van der Waals surface area (Å²) in [4.78, 5) is 0. The Morgan fingerprint density at radius 3 is 2.39 bits per heavy atom. The van der Waals surface area contributed by atoms with Crippen LogP contribution in [0.15, 0.2) is 24.3 Å². The molecule has 0 unspecified atom stereocenters. The number of benzene rings is 1. The van der Waals surface area contributed by atoms with Crippen molar-refractivity contribution in [1.29, 1.82) is 0 Å². The van der Waals surface area contributed by atoms with Crippen molar-refractivity contribution in [2.75, 3.05) is 19.8 Å². The maximum atomic E-state index is 5.69. The highest BCUT2D eigenvalue weighted by Crippen LogP contribution is 2.19. The Hall–Kier alpha value is -1.22. The molecule has 0 radical (unpaired) electrons. The molecular formula is C15H25NO2. The van der Waals surface area contributed by atoms with Crippen LogP contribution in [0.5, 0.6) is 11.5 Å². The molecular weight excluding hydrogens is 226 g/mol. The van der Waals surface area contributed by atoms with Gasteiger partial charge in [-0.25, -0.2) is 0 Å². The van der Waals surface area contributed by atoms with E-state index in [0.29, 0.717) is 13.2 Å². The van der Waals surface area contributed by atoms with E-state index in [2.05, 4.69) is 26.1 Å². The second-order valence-corrected chi connectivity index (χ2v) is 4.92. The van der Waals surface area contributed by atoms with Gasteiger partial charge in [0.1, 0.15) is 18.1 Å². The van der Waals surface area contributed by atoms with Gasteiger partial charge in [0.15, 0.2) is 0 Å². The summed E-state index contributed by atoms with van der Waals surface area (Å²) in [6, 6.07) is 7.76. The smallest absolute Gasteiger partial charge is 0.123 e. The molecule has 0 spiro atoms. The fourth-order valence-electron chi connectivity index (χ4n) is 1.50. The van der Waals surface area contributed by atoms with Crippen molar-refractivity contribution >= 4 is 0 Å². The number of rotatable bonds is 8. The molecule has 1 aromatic carbocycles. The topological polar surface area (TPSA) is 30.5 Å². The van der Waals surface area contributed by atoms with E-state index < -0.39 is 0 Å². The molecule has 0 atom stereocenters. The summed E-state index contributed by atoms with van der Waals surface area (Å²) in [6.45, 7) is 10.7. The molecule has 1 rings (SSSR count). The van der Waals surface area contributed by atoms with Crippen LogP contribution in [0, 0.1) is 0 Å². The molecule has 1 aromatic rings. The fraction of sp³-hybridized carbons (Fsp3) is 0.600. The Balaban J connectivity index is 2.33. The first-order valence-electron chi connectivity index (χ1n) is 6.68. The van der Waals surface area contributed by atoms with Gasteiger partial charge in [-0.2, -0.15) is 0 Å². The van der Waals surface area contributed by atoms with Crippen LogP contribution < -0.4 is 14.8 Å². The molecule has 3 nitrogen and oxygen atoms in total. The van der Waals surface area contributed by atoms with Crippen LogP contribution >= 0.6 is 0 Å². The molecule has 0 bridgehead atoms. The minimum absolute atomic E-state index is 0.177. The summed E-state index contributed by atoms with van der Waals surface area (Å²) in [5.74, 6) is 1.72. The van der Waals surface area contributed by atoms with Gasteiger partial charge in [0.2, 0.25) is 0 Å². The van der Waals surface area contributed by atoms with Gasteiger partial charge in [0, 0.05) is 18.2 Å². The highest BCUT2D eigenvalue weighted by molar-refractivity contribution is 5.32. The van der Waals surface area contributed by atoms with E-state index in [1.54, 1.807) is 0 Å². The van der Waals surface area contributed by atoms with Crippen LogP contribution in [0.1, 0.15) is 34.1 Å². The Morgan fingerprint density at radius 2 is 1.78 bits per heavy atom. The van der Waals surface area contributed by atoms with Crippen molar-refractivity contribution in [3.05, 3.63) is 24.3 Å². The zero-order valence-electron chi connectivity index (χ0n) is 12.0. The third kappa shape index (κ3) is 5.41. The van der Waals surface area contributed by atoms with E-state index >= 15 is 0 Å². The van der Waals surface area contributed by atoms with Gasteiger partial charge < -0.3 is 14.8 Å². The van der Waals surface area contributed by atoms with Crippen molar-refractivity contribution in [2.45, 2.75) is 39.7 Å². The average Bonchev–Trinajstić information content (AvgIpc) is 2.36. The summed E-state index contributed by atoms with van der Waals surface area (Å²) in [5.41, 5.74) is 0.177. The Morgan fingerprint density at radius 1 is 1.11 bits per heavy atom. The lowest BCUT2D eigenvalue weighted by Gasteiger charge is -2.24. The predicted octanol–water partition coefficient (Wildman–Crippen LogP) is 3.24. The molecule has 102 valence electrons. The zero-order valence-corrected chi connectivity index (χ0v) is 12.0. The number of hydrogen-bond donors (Lipinski definition) is 1. The van der Waals surface area contributed by atoms with Crippen LogP contribution in [-0.4, -0.2) is 25.3 Å². The van der Waals surface area contributed by atoms with Crippen molar-refractivity contribution in [3.8, 4) is 11.5 Å². The van der Waals surface area contributed by atoms with E-state index in [1.165, 1.54) is 0 Å². The number of ether oxygens (including phenoxy) is 2. The third-order valence-electron chi connectivity index (χ3n) is 2.97. The summed E-state index contributed by atoms with van der Waals surface area (Å²) >= 11 is 0. The minimum Gasteiger partial charge on any atom is -0.494 e. The van der Waals surface area contributed by atoms with Crippen LogP contribution in [0.25, 0.3) is 0 Å². The average molecular weight is 251 g/mol. The lowest BCUT2D eigenvalue weighted by Crippen LogP contribution is -2.40. The standard InChI is InChI=1S/C15H25NO2/c1-5-15(3,4)16-10-11-18-14-9-7-8-13(12-14)17-6-2/h7-9,12,16H,5-6,10-11H2,1-4H3. The molecule has 18 heavy (non-hydrogen) atoms. The van der Waals surface area contributed by atoms with E-state index in [9.17, 15) is 0 Å². The monoisotopic (exact) mass is 251 g/mol. The number of nitrogens with one attached hydrogen (secondary N) is 1. The van der Waals surface area contributed by atoms with Crippen molar-refractivity contribution in [1.82, 2.24) is 5.32 Å². The lowest BCUT2D eigenvalue weighted by atomic mass is 10.0. The van der Waals surface area contributed by atoms with Gasteiger partial charge in [0.05, 0.1) is 6.61 Å². The van der Waals surface area contributed by atoms with Crippen molar-refractivity contribution in [3.63, 3.8) is 0 Å². The number of hydrogen-bond acceptors (Lipinski definition) is 3. The largest absolute Gasteiger partial charge is 0.494 e. The summed E-state index contributed by atoms with van der Waals surface area (Å²) in [7, 11) is 0. The maximum absolute atomic E-state index is 5.69. The molecule has 0 aromatic heterocycles. The maximum Gasteiger partial charge on any atom is 0.123 e. The molecule has 0 aliphatic rings. The Bertz CT molecular complexity index is 350. The molecule has 0 heterocycles. The van der Waals surface area contributed by atoms with E-state index in [1.807, 2.05) is 31.2 Å². The molecule has 0 saturated carbocycles. The van der Waals surface area contributed by atoms with Crippen LogP contribution in [0.3, 0.4) is 0 Å². The predicted molar refractivity (Wildman–Crippen MR) is 75.5 cm³/mol. The minimum atomic E-state index is 0.177. The molecule has 1 N–H and O–H groups in total. The van der Waals surface area contributed by atoms with Crippen LogP contribution in [0.2, 0.25) is 0 Å². The van der Waals surface area contributed by atoms with E-state index in [-0.39, 0.29) is 5.54 Å².